The molecule has 1 atom stereocenters. The number of hydrogen-bond acceptors (Lipinski definition) is 1. The van der Waals surface area contributed by atoms with Crippen molar-refractivity contribution in [2.75, 3.05) is 14.1 Å². The molecule has 0 spiro atoms. The van der Waals surface area contributed by atoms with Crippen LogP contribution in [0.5, 0.6) is 0 Å². The molecule has 15 heavy (non-hydrogen) atoms. The normalized spacial score (nSPS) is 16.4. The molecule has 0 heterocycles. The molecule has 0 amide bonds. The quantitative estimate of drug-likeness (QED) is 0.611. The van der Waals surface area contributed by atoms with E-state index in [9.17, 15) is 8.60 Å². The molecular weight excluding hydrogens is 260 g/mol. The van der Waals surface area contributed by atoms with Crippen LogP contribution < -0.4 is 0 Å². The Morgan fingerprint density at radius 1 is 1.27 bits per heavy atom. The van der Waals surface area contributed by atoms with Gasteiger partial charge in [0.05, 0.1) is 0 Å². The standard InChI is InChI=1S/C9H11Cl2FNOS/c1-13(2)15(14,9(10,11)12)8-6-4-3-5-7-8/h3-7H,1-2H3/q+1. The van der Waals surface area contributed by atoms with Crippen molar-refractivity contribution < 1.29 is 8.60 Å². The van der Waals surface area contributed by atoms with Gasteiger partial charge in [0.2, 0.25) is 0 Å². The first-order chi connectivity index (χ1) is 6.80. The molecular formula is C9H11Cl2FNOS+. The fourth-order valence-corrected chi connectivity index (χ4v) is 4.15. The summed E-state index contributed by atoms with van der Waals surface area (Å²) in [5.74, 6) is 0. The minimum absolute atomic E-state index is 0.266. The minimum Gasteiger partial charge on any atom is -0.153 e. The summed E-state index contributed by atoms with van der Waals surface area (Å²) < 4.78 is 24.4. The van der Waals surface area contributed by atoms with Crippen molar-refractivity contribution in [3.63, 3.8) is 0 Å². The van der Waals surface area contributed by atoms with Crippen molar-refractivity contribution in [2.24, 2.45) is 0 Å². The first-order valence-electron chi connectivity index (χ1n) is 4.13. The Hall–Kier alpha value is -0.160. The second-order valence-corrected chi connectivity index (χ2v) is 7.60. The van der Waals surface area contributed by atoms with Crippen LogP contribution in [0.25, 0.3) is 0 Å². The summed E-state index contributed by atoms with van der Waals surface area (Å²) >= 11 is 10.7. The van der Waals surface area contributed by atoms with Crippen LogP contribution >= 0.6 is 23.2 Å². The van der Waals surface area contributed by atoms with Gasteiger partial charge < -0.3 is 0 Å². The zero-order chi connectivity index (χ0) is 11.7. The van der Waals surface area contributed by atoms with E-state index in [2.05, 4.69) is 0 Å². The van der Waals surface area contributed by atoms with Gasteiger partial charge in [0.25, 0.3) is 10.1 Å². The molecule has 0 bridgehead atoms. The molecule has 0 N–H and O–H groups in total. The van der Waals surface area contributed by atoms with E-state index in [1.807, 2.05) is 0 Å². The predicted molar refractivity (Wildman–Crippen MR) is 62.0 cm³/mol. The fourth-order valence-electron chi connectivity index (χ4n) is 1.16. The van der Waals surface area contributed by atoms with Crippen LogP contribution in [0.4, 0.5) is 4.39 Å². The van der Waals surface area contributed by atoms with Crippen molar-refractivity contribution in [2.45, 2.75) is 8.81 Å². The Bertz CT molecular complexity index is 377. The molecule has 6 heteroatoms. The third-order valence-electron chi connectivity index (χ3n) is 1.89. The summed E-state index contributed by atoms with van der Waals surface area (Å²) in [4.78, 5) is 0.266. The molecule has 84 valence electrons. The highest BCUT2D eigenvalue weighted by atomic mass is 35.5. The second-order valence-electron chi connectivity index (χ2n) is 3.10. The van der Waals surface area contributed by atoms with Gasteiger partial charge in [0.15, 0.2) is 4.90 Å². The van der Waals surface area contributed by atoms with E-state index in [1.165, 1.54) is 30.5 Å². The molecule has 1 aromatic rings. The van der Waals surface area contributed by atoms with Gasteiger partial charge in [-0.2, -0.15) is 4.39 Å². The average Bonchev–Trinajstić information content (AvgIpc) is 2.16. The Morgan fingerprint density at radius 2 is 1.73 bits per heavy atom. The molecule has 0 saturated carbocycles. The molecule has 0 aliphatic rings. The van der Waals surface area contributed by atoms with Crippen LogP contribution in [0.2, 0.25) is 0 Å². The molecule has 0 radical (unpaired) electrons. The fraction of sp³-hybridized carbons (Fsp3) is 0.333. The van der Waals surface area contributed by atoms with E-state index in [4.69, 9.17) is 23.2 Å². The van der Waals surface area contributed by atoms with E-state index in [0.717, 1.165) is 0 Å². The summed E-state index contributed by atoms with van der Waals surface area (Å²) in [6.07, 6.45) is 0. The molecule has 2 nitrogen and oxygen atoms in total. The van der Waals surface area contributed by atoms with Crippen molar-refractivity contribution in [1.29, 1.82) is 0 Å². The highest BCUT2D eigenvalue weighted by Gasteiger charge is 2.57. The van der Waals surface area contributed by atoms with Crippen LogP contribution in [0.1, 0.15) is 0 Å². The molecule has 0 saturated heterocycles. The van der Waals surface area contributed by atoms with E-state index < -0.39 is 14.0 Å². The summed E-state index contributed by atoms with van der Waals surface area (Å²) in [7, 11) is -0.370. The third kappa shape index (κ3) is 2.33. The molecule has 0 aliphatic heterocycles. The van der Waals surface area contributed by atoms with Gasteiger partial charge in [0, 0.05) is 14.1 Å². The maximum Gasteiger partial charge on any atom is 0.446 e. The molecule has 0 fully saturated rings. The maximum absolute atomic E-state index is 13.6. The zero-order valence-electron chi connectivity index (χ0n) is 8.28. The lowest BCUT2D eigenvalue weighted by atomic mass is 10.4. The van der Waals surface area contributed by atoms with Crippen molar-refractivity contribution in [1.82, 2.24) is 4.31 Å². The molecule has 1 rings (SSSR count). The Morgan fingerprint density at radius 3 is 2.07 bits per heavy atom. The van der Waals surface area contributed by atoms with Crippen LogP contribution in [0, 0.1) is 0 Å². The van der Waals surface area contributed by atoms with Crippen LogP contribution in [0.15, 0.2) is 35.2 Å². The highest BCUT2D eigenvalue weighted by molar-refractivity contribution is 8.04. The number of benzene rings is 1. The van der Waals surface area contributed by atoms with E-state index >= 15 is 0 Å². The Balaban J connectivity index is 3.33. The van der Waals surface area contributed by atoms with E-state index in [0.29, 0.717) is 0 Å². The smallest absolute Gasteiger partial charge is 0.153 e. The number of rotatable bonds is 3. The number of alkyl halides is 3. The minimum atomic E-state index is -3.30. The number of nitrogens with zero attached hydrogens (tertiary/aromatic N) is 1. The molecule has 1 aromatic carbocycles. The van der Waals surface area contributed by atoms with Gasteiger partial charge in [-0.3, -0.25) is 0 Å². The summed E-state index contributed by atoms with van der Waals surface area (Å²) in [5.41, 5.74) is 0. The first kappa shape index (κ1) is 12.9. The van der Waals surface area contributed by atoms with Crippen molar-refractivity contribution in [3.8, 4) is 0 Å². The first-order valence-corrected chi connectivity index (χ1v) is 6.40. The van der Waals surface area contributed by atoms with E-state index in [-0.39, 0.29) is 4.90 Å². The maximum atomic E-state index is 13.6. The van der Waals surface area contributed by atoms with Crippen LogP contribution in [0.3, 0.4) is 0 Å². The summed E-state index contributed by atoms with van der Waals surface area (Å²) in [6.45, 7) is 0. The Labute approximate surface area is 99.5 Å². The number of halogens is 3. The highest BCUT2D eigenvalue weighted by Crippen LogP contribution is 2.42. The Kier molecular flexibility index (Phi) is 3.76. The van der Waals surface area contributed by atoms with Gasteiger partial charge >= 0.3 is 3.92 Å². The lowest BCUT2D eigenvalue weighted by molar-refractivity contribution is 0.443. The van der Waals surface area contributed by atoms with Gasteiger partial charge in [-0.1, -0.05) is 22.4 Å². The second kappa shape index (κ2) is 4.37. The van der Waals surface area contributed by atoms with Gasteiger partial charge in [-0.15, -0.1) is 4.31 Å². The molecule has 0 aromatic heterocycles. The van der Waals surface area contributed by atoms with Gasteiger partial charge in [-0.05, 0) is 35.3 Å². The SMILES string of the molecule is CN(C)[S+](=O)(c1ccccc1)C(F)(Cl)Cl. The van der Waals surface area contributed by atoms with Crippen molar-refractivity contribution >= 4 is 33.3 Å². The topological polar surface area (TPSA) is 20.3 Å². The van der Waals surface area contributed by atoms with Crippen LogP contribution in [-0.4, -0.2) is 22.3 Å². The van der Waals surface area contributed by atoms with Gasteiger partial charge in [0.1, 0.15) is 0 Å². The van der Waals surface area contributed by atoms with E-state index in [1.54, 1.807) is 18.2 Å². The van der Waals surface area contributed by atoms with Crippen molar-refractivity contribution in [3.05, 3.63) is 30.3 Å². The lowest BCUT2D eigenvalue weighted by Gasteiger charge is -2.21. The zero-order valence-corrected chi connectivity index (χ0v) is 10.6. The molecule has 1 unspecified atom stereocenters. The predicted octanol–water partition coefficient (Wildman–Crippen LogP) is 3.08. The lowest BCUT2D eigenvalue weighted by Crippen LogP contribution is -2.40. The number of hydrogen-bond donors (Lipinski definition) is 0. The summed E-state index contributed by atoms with van der Waals surface area (Å²) in [5, 5.41) is 0. The third-order valence-corrected chi connectivity index (χ3v) is 5.71. The average molecular weight is 271 g/mol. The van der Waals surface area contributed by atoms with Gasteiger partial charge in [-0.25, -0.2) is 0 Å². The monoisotopic (exact) mass is 270 g/mol. The van der Waals surface area contributed by atoms with Crippen LogP contribution in [-0.2, 0) is 14.3 Å². The largest absolute Gasteiger partial charge is 0.446 e. The summed E-state index contributed by atoms with van der Waals surface area (Å²) in [6, 6.07) is 8.10. The molecule has 0 aliphatic carbocycles.